The van der Waals surface area contributed by atoms with Gasteiger partial charge in [0.1, 0.15) is 5.52 Å². The predicted octanol–water partition coefficient (Wildman–Crippen LogP) is 1.82. The molecule has 0 radical (unpaired) electrons. The van der Waals surface area contributed by atoms with Crippen LogP contribution in [0.25, 0.3) is 11.1 Å². The van der Waals surface area contributed by atoms with Crippen molar-refractivity contribution in [3.05, 3.63) is 18.3 Å². The van der Waals surface area contributed by atoms with Crippen molar-refractivity contribution in [3.8, 4) is 0 Å². The van der Waals surface area contributed by atoms with Gasteiger partial charge in [-0.15, -0.1) is 12.6 Å². The largest absolute Gasteiger partial charge is 0.439 e. The molecule has 0 N–H and O–H groups in total. The molecule has 0 spiro atoms. The molecule has 0 atom stereocenters. The van der Waals surface area contributed by atoms with Crippen LogP contribution in [0, 0.1) is 6.92 Å². The molecule has 11 heavy (non-hydrogen) atoms. The molecule has 4 heteroatoms. The first-order valence-corrected chi connectivity index (χ1v) is 3.62. The zero-order chi connectivity index (χ0) is 7.84. The Bertz CT molecular complexity index is 396. The third-order valence-electron chi connectivity index (χ3n) is 1.39. The molecule has 0 bridgehead atoms. The average molecular weight is 166 g/mol. The fourth-order valence-electron chi connectivity index (χ4n) is 0.951. The Morgan fingerprint density at radius 3 is 3.00 bits per heavy atom. The van der Waals surface area contributed by atoms with Crippen molar-refractivity contribution in [2.45, 2.75) is 11.8 Å². The van der Waals surface area contributed by atoms with E-state index in [4.69, 9.17) is 4.42 Å². The van der Waals surface area contributed by atoms with Crippen molar-refractivity contribution in [1.82, 2.24) is 9.97 Å². The van der Waals surface area contributed by atoms with E-state index in [-0.39, 0.29) is 0 Å². The number of fused-ring (bicyclic) bond motifs is 1. The third-order valence-corrected chi connectivity index (χ3v) is 1.72. The maximum atomic E-state index is 5.23. The fraction of sp³-hybridized carbons (Fsp3) is 0.143. The van der Waals surface area contributed by atoms with Crippen molar-refractivity contribution in [3.63, 3.8) is 0 Å². The SMILES string of the molecule is Cc1nc2c(S)cncc2o1. The molecule has 2 aromatic rings. The quantitative estimate of drug-likeness (QED) is 0.607. The summed E-state index contributed by atoms with van der Waals surface area (Å²) in [6.45, 7) is 1.80. The summed E-state index contributed by atoms with van der Waals surface area (Å²) in [5.74, 6) is 0.642. The fourth-order valence-corrected chi connectivity index (χ4v) is 1.18. The van der Waals surface area contributed by atoms with Gasteiger partial charge in [-0.1, -0.05) is 0 Å². The molecule has 56 valence electrons. The van der Waals surface area contributed by atoms with Gasteiger partial charge < -0.3 is 4.42 Å². The summed E-state index contributed by atoms with van der Waals surface area (Å²) in [6.07, 6.45) is 3.28. The van der Waals surface area contributed by atoms with E-state index >= 15 is 0 Å². The van der Waals surface area contributed by atoms with E-state index in [1.807, 2.05) is 0 Å². The second-order valence-corrected chi connectivity index (χ2v) is 2.72. The highest BCUT2D eigenvalue weighted by atomic mass is 32.1. The summed E-state index contributed by atoms with van der Waals surface area (Å²) in [5.41, 5.74) is 1.47. The van der Waals surface area contributed by atoms with Crippen LogP contribution in [0.3, 0.4) is 0 Å². The Balaban J connectivity index is 2.90. The highest BCUT2D eigenvalue weighted by molar-refractivity contribution is 7.80. The van der Waals surface area contributed by atoms with Gasteiger partial charge in [0.05, 0.1) is 11.1 Å². The molecule has 3 nitrogen and oxygen atoms in total. The van der Waals surface area contributed by atoms with Crippen LogP contribution in [-0.2, 0) is 0 Å². The van der Waals surface area contributed by atoms with E-state index in [1.54, 1.807) is 19.3 Å². The van der Waals surface area contributed by atoms with Gasteiger partial charge in [0.25, 0.3) is 0 Å². The van der Waals surface area contributed by atoms with Gasteiger partial charge >= 0.3 is 0 Å². The molecular weight excluding hydrogens is 160 g/mol. The maximum Gasteiger partial charge on any atom is 0.192 e. The highest BCUT2D eigenvalue weighted by Gasteiger charge is 2.03. The van der Waals surface area contributed by atoms with E-state index in [2.05, 4.69) is 22.6 Å². The van der Waals surface area contributed by atoms with Gasteiger partial charge in [-0.3, -0.25) is 4.98 Å². The van der Waals surface area contributed by atoms with Gasteiger partial charge in [0, 0.05) is 13.1 Å². The topological polar surface area (TPSA) is 38.9 Å². The number of nitrogens with zero attached hydrogens (tertiary/aromatic N) is 2. The lowest BCUT2D eigenvalue weighted by Crippen LogP contribution is -1.74. The molecular formula is C7H6N2OS. The minimum atomic E-state index is 0.642. The van der Waals surface area contributed by atoms with Crippen LogP contribution in [0.1, 0.15) is 5.89 Å². The Labute approximate surface area is 68.9 Å². The van der Waals surface area contributed by atoms with E-state index in [0.29, 0.717) is 11.5 Å². The zero-order valence-corrected chi connectivity index (χ0v) is 6.80. The summed E-state index contributed by atoms with van der Waals surface area (Å²) in [6, 6.07) is 0. The van der Waals surface area contributed by atoms with Crippen LogP contribution in [0.5, 0.6) is 0 Å². The van der Waals surface area contributed by atoms with Crippen LogP contribution in [0.2, 0.25) is 0 Å². The first kappa shape index (κ1) is 6.67. The van der Waals surface area contributed by atoms with Crippen LogP contribution >= 0.6 is 12.6 Å². The first-order valence-electron chi connectivity index (χ1n) is 3.17. The van der Waals surface area contributed by atoms with Gasteiger partial charge in [0.15, 0.2) is 11.5 Å². The van der Waals surface area contributed by atoms with E-state index in [1.165, 1.54) is 0 Å². The second kappa shape index (κ2) is 2.23. The minimum absolute atomic E-state index is 0.642. The molecule has 0 fully saturated rings. The number of oxazole rings is 1. The van der Waals surface area contributed by atoms with Gasteiger partial charge in [-0.2, -0.15) is 0 Å². The van der Waals surface area contributed by atoms with Gasteiger partial charge in [-0.05, 0) is 0 Å². The number of rotatable bonds is 0. The summed E-state index contributed by atoms with van der Waals surface area (Å²) < 4.78 is 5.23. The lowest BCUT2D eigenvalue weighted by Gasteiger charge is -1.87. The third kappa shape index (κ3) is 0.991. The summed E-state index contributed by atoms with van der Waals surface area (Å²) in [7, 11) is 0. The Kier molecular flexibility index (Phi) is 1.35. The highest BCUT2D eigenvalue weighted by Crippen LogP contribution is 2.19. The molecule has 2 aromatic heterocycles. The molecule has 0 saturated carbocycles. The monoisotopic (exact) mass is 166 g/mol. The summed E-state index contributed by atoms with van der Waals surface area (Å²) in [5, 5.41) is 0. The predicted molar refractivity (Wildman–Crippen MR) is 43.8 cm³/mol. The van der Waals surface area contributed by atoms with E-state index in [0.717, 1.165) is 10.4 Å². The van der Waals surface area contributed by atoms with Crippen molar-refractivity contribution < 1.29 is 4.42 Å². The van der Waals surface area contributed by atoms with E-state index < -0.39 is 0 Å². The number of pyridine rings is 1. The van der Waals surface area contributed by atoms with E-state index in [9.17, 15) is 0 Å². The molecule has 2 heterocycles. The molecule has 0 unspecified atom stereocenters. The number of aryl methyl sites for hydroxylation is 1. The second-order valence-electron chi connectivity index (χ2n) is 2.24. The molecule has 0 aliphatic carbocycles. The summed E-state index contributed by atoms with van der Waals surface area (Å²) in [4.78, 5) is 8.79. The lowest BCUT2D eigenvalue weighted by atomic mass is 10.4. The van der Waals surface area contributed by atoms with Crippen molar-refractivity contribution >= 4 is 23.7 Å². The molecule has 0 amide bonds. The van der Waals surface area contributed by atoms with Crippen molar-refractivity contribution in [1.29, 1.82) is 0 Å². The smallest absolute Gasteiger partial charge is 0.192 e. The van der Waals surface area contributed by atoms with Crippen LogP contribution < -0.4 is 0 Å². The molecule has 0 aromatic carbocycles. The van der Waals surface area contributed by atoms with Gasteiger partial charge in [-0.25, -0.2) is 4.98 Å². The van der Waals surface area contributed by atoms with Crippen molar-refractivity contribution in [2.24, 2.45) is 0 Å². The molecule has 0 aliphatic rings. The van der Waals surface area contributed by atoms with Crippen LogP contribution in [0.15, 0.2) is 21.7 Å². The zero-order valence-electron chi connectivity index (χ0n) is 5.90. The molecule has 0 saturated heterocycles. The Morgan fingerprint density at radius 1 is 1.45 bits per heavy atom. The minimum Gasteiger partial charge on any atom is -0.439 e. The normalized spacial score (nSPS) is 10.7. The van der Waals surface area contributed by atoms with Crippen LogP contribution in [0.4, 0.5) is 0 Å². The number of thiol groups is 1. The van der Waals surface area contributed by atoms with Crippen molar-refractivity contribution in [2.75, 3.05) is 0 Å². The number of aromatic nitrogens is 2. The lowest BCUT2D eigenvalue weighted by molar-refractivity contribution is 0.560. The summed E-state index contributed by atoms with van der Waals surface area (Å²) >= 11 is 4.18. The molecule has 2 rings (SSSR count). The Hall–Kier alpha value is -1.03. The first-order chi connectivity index (χ1) is 5.27. The molecule has 0 aliphatic heterocycles. The standard InChI is InChI=1S/C7H6N2OS/c1-4-9-7-5(10-4)2-8-3-6(7)11/h2-3,11H,1H3. The van der Waals surface area contributed by atoms with Crippen LogP contribution in [-0.4, -0.2) is 9.97 Å². The number of hydrogen-bond acceptors (Lipinski definition) is 4. The maximum absolute atomic E-state index is 5.23. The van der Waals surface area contributed by atoms with Gasteiger partial charge in [0.2, 0.25) is 0 Å². The number of hydrogen-bond donors (Lipinski definition) is 1. The Morgan fingerprint density at radius 2 is 2.27 bits per heavy atom. The average Bonchev–Trinajstić information content (AvgIpc) is 2.31.